The molecule has 0 fully saturated rings. The number of aliphatic hydroxyl groups excluding tert-OH is 1. The van der Waals surface area contributed by atoms with Gasteiger partial charge in [-0.15, -0.1) is 0 Å². The Morgan fingerprint density at radius 2 is 1.89 bits per heavy atom. The first-order valence-corrected chi connectivity index (χ1v) is 6.41. The van der Waals surface area contributed by atoms with Crippen molar-refractivity contribution >= 4 is 11.8 Å². The third-order valence-electron chi connectivity index (χ3n) is 3.49. The largest absolute Gasteiger partial charge is 0.391 e. The summed E-state index contributed by atoms with van der Waals surface area (Å²) in [6.45, 7) is 5.69. The van der Waals surface area contributed by atoms with E-state index in [1.807, 2.05) is 26.8 Å². The number of hydrogen-bond acceptors (Lipinski definition) is 3. The van der Waals surface area contributed by atoms with Gasteiger partial charge in [0, 0.05) is 5.56 Å². The van der Waals surface area contributed by atoms with Crippen molar-refractivity contribution < 1.29 is 14.7 Å². The van der Waals surface area contributed by atoms with Gasteiger partial charge in [-0.2, -0.15) is 0 Å². The van der Waals surface area contributed by atoms with Crippen LogP contribution in [0.3, 0.4) is 0 Å². The number of aliphatic hydroxyl groups is 1. The van der Waals surface area contributed by atoms with Crippen molar-refractivity contribution in [3.05, 3.63) is 35.4 Å². The molecule has 1 heterocycles. The second-order valence-corrected chi connectivity index (χ2v) is 6.03. The maximum Gasteiger partial charge on any atom is 0.260 e. The van der Waals surface area contributed by atoms with Crippen LogP contribution in [0.25, 0.3) is 0 Å². The molecule has 1 aliphatic heterocycles. The summed E-state index contributed by atoms with van der Waals surface area (Å²) in [4.78, 5) is 25.5. The normalized spacial score (nSPS) is 17.4. The summed E-state index contributed by atoms with van der Waals surface area (Å²) in [6, 6.07) is 7.12. The minimum absolute atomic E-state index is 0.0511. The molecule has 19 heavy (non-hydrogen) atoms. The summed E-state index contributed by atoms with van der Waals surface area (Å²) >= 11 is 0. The highest BCUT2D eigenvalue weighted by molar-refractivity contribution is 6.09. The summed E-state index contributed by atoms with van der Waals surface area (Å²) < 4.78 is 0. The molecule has 1 aromatic rings. The molecular formula is C15H19NO3. The number of nitrogens with zero attached hydrogens (tertiary/aromatic N) is 1. The van der Waals surface area contributed by atoms with E-state index in [-0.39, 0.29) is 30.2 Å². The first kappa shape index (κ1) is 13.7. The van der Waals surface area contributed by atoms with Crippen LogP contribution in [-0.2, 0) is 11.2 Å². The van der Waals surface area contributed by atoms with Gasteiger partial charge in [-0.25, -0.2) is 0 Å². The highest BCUT2D eigenvalue weighted by atomic mass is 16.3. The molecule has 4 heteroatoms. The molecule has 0 bridgehead atoms. The lowest BCUT2D eigenvalue weighted by Crippen LogP contribution is -2.48. The molecule has 0 radical (unpaired) electrons. The highest BCUT2D eigenvalue weighted by Crippen LogP contribution is 2.24. The van der Waals surface area contributed by atoms with Crippen LogP contribution in [0.2, 0.25) is 0 Å². The molecule has 2 rings (SSSR count). The molecule has 1 N–H and O–H groups in total. The second-order valence-electron chi connectivity index (χ2n) is 6.03. The maximum atomic E-state index is 12.3. The van der Waals surface area contributed by atoms with Gasteiger partial charge in [0.05, 0.1) is 19.1 Å². The number of carbonyl (C=O) groups is 2. The minimum Gasteiger partial charge on any atom is -0.391 e. The van der Waals surface area contributed by atoms with E-state index in [2.05, 4.69) is 0 Å². The van der Waals surface area contributed by atoms with Crippen LogP contribution < -0.4 is 0 Å². The number of β-amino-alcohol motifs (C(OH)–C–C–N with tert-alkyl or cyclic N) is 1. The van der Waals surface area contributed by atoms with Crippen molar-refractivity contribution in [1.82, 2.24) is 4.90 Å². The zero-order valence-electron chi connectivity index (χ0n) is 11.5. The predicted molar refractivity (Wildman–Crippen MR) is 71.7 cm³/mol. The van der Waals surface area contributed by atoms with Gasteiger partial charge in [0.25, 0.3) is 5.91 Å². The Bertz CT molecular complexity index is 516. The van der Waals surface area contributed by atoms with Crippen LogP contribution in [0.15, 0.2) is 24.3 Å². The van der Waals surface area contributed by atoms with Crippen LogP contribution in [0, 0.1) is 5.41 Å². The lowest BCUT2D eigenvalue weighted by Gasteiger charge is -2.33. The molecule has 0 saturated carbocycles. The van der Waals surface area contributed by atoms with E-state index in [0.29, 0.717) is 5.56 Å². The molecule has 0 spiro atoms. The Morgan fingerprint density at radius 1 is 1.26 bits per heavy atom. The van der Waals surface area contributed by atoms with Gasteiger partial charge < -0.3 is 5.11 Å². The zero-order chi connectivity index (χ0) is 14.2. The average Bonchev–Trinajstić information content (AvgIpc) is 2.33. The van der Waals surface area contributed by atoms with Gasteiger partial charge in [0.2, 0.25) is 5.91 Å². The second kappa shape index (κ2) is 4.78. The quantitative estimate of drug-likeness (QED) is 0.823. The van der Waals surface area contributed by atoms with E-state index >= 15 is 0 Å². The van der Waals surface area contributed by atoms with E-state index in [0.717, 1.165) is 10.5 Å². The predicted octanol–water partition coefficient (Wildman–Crippen LogP) is 1.62. The lowest BCUT2D eigenvalue weighted by atomic mass is 9.88. The smallest absolute Gasteiger partial charge is 0.260 e. The van der Waals surface area contributed by atoms with Crippen LogP contribution >= 0.6 is 0 Å². The SMILES string of the molecule is CC(C)(C)C(O)CN1C(=O)Cc2ccccc2C1=O. The number of imide groups is 1. The fourth-order valence-electron chi connectivity index (χ4n) is 2.03. The summed E-state index contributed by atoms with van der Waals surface area (Å²) in [5.41, 5.74) is 0.958. The standard InChI is InChI=1S/C15H19NO3/c1-15(2,3)12(17)9-16-13(18)8-10-6-4-5-7-11(10)14(16)19/h4-7,12,17H,8-9H2,1-3H3. The molecule has 1 atom stereocenters. The number of hydrogen-bond donors (Lipinski definition) is 1. The molecular weight excluding hydrogens is 242 g/mol. The van der Waals surface area contributed by atoms with Crippen LogP contribution in [0.1, 0.15) is 36.7 Å². The molecule has 4 nitrogen and oxygen atoms in total. The Morgan fingerprint density at radius 3 is 2.53 bits per heavy atom. The van der Waals surface area contributed by atoms with Crippen molar-refractivity contribution in [2.45, 2.75) is 33.3 Å². The Hall–Kier alpha value is -1.68. The first-order chi connectivity index (χ1) is 8.80. The fourth-order valence-corrected chi connectivity index (χ4v) is 2.03. The lowest BCUT2D eigenvalue weighted by molar-refractivity contribution is -0.130. The molecule has 2 amide bonds. The fraction of sp³-hybridized carbons (Fsp3) is 0.467. The monoisotopic (exact) mass is 261 g/mol. The van der Waals surface area contributed by atoms with Gasteiger partial charge in [0.1, 0.15) is 0 Å². The van der Waals surface area contributed by atoms with Gasteiger partial charge >= 0.3 is 0 Å². The summed E-state index contributed by atoms with van der Waals surface area (Å²) in [5.74, 6) is -0.554. The molecule has 0 aromatic heterocycles. The van der Waals surface area contributed by atoms with E-state index < -0.39 is 6.10 Å². The molecule has 1 unspecified atom stereocenters. The molecule has 1 aliphatic rings. The first-order valence-electron chi connectivity index (χ1n) is 6.41. The summed E-state index contributed by atoms with van der Waals surface area (Å²) in [5, 5.41) is 10.1. The summed E-state index contributed by atoms with van der Waals surface area (Å²) in [7, 11) is 0. The Labute approximate surface area is 113 Å². The summed E-state index contributed by atoms with van der Waals surface area (Å²) in [6.07, 6.45) is -0.510. The molecule has 1 aromatic carbocycles. The van der Waals surface area contributed by atoms with Crippen molar-refractivity contribution in [1.29, 1.82) is 0 Å². The van der Waals surface area contributed by atoms with Crippen molar-refractivity contribution in [2.75, 3.05) is 6.54 Å². The third-order valence-corrected chi connectivity index (χ3v) is 3.49. The molecule has 0 aliphatic carbocycles. The van der Waals surface area contributed by atoms with E-state index in [1.54, 1.807) is 18.2 Å². The number of benzene rings is 1. The average molecular weight is 261 g/mol. The topological polar surface area (TPSA) is 57.6 Å². The molecule has 102 valence electrons. The highest BCUT2D eigenvalue weighted by Gasteiger charge is 2.34. The van der Waals surface area contributed by atoms with E-state index in [4.69, 9.17) is 0 Å². The number of amides is 2. The van der Waals surface area contributed by atoms with Crippen molar-refractivity contribution in [2.24, 2.45) is 5.41 Å². The Balaban J connectivity index is 2.25. The maximum absolute atomic E-state index is 12.3. The molecule has 0 saturated heterocycles. The number of fused-ring (bicyclic) bond motifs is 1. The van der Waals surface area contributed by atoms with E-state index in [1.165, 1.54) is 0 Å². The van der Waals surface area contributed by atoms with Crippen molar-refractivity contribution in [3.8, 4) is 0 Å². The van der Waals surface area contributed by atoms with Crippen LogP contribution in [0.4, 0.5) is 0 Å². The number of rotatable bonds is 2. The zero-order valence-corrected chi connectivity index (χ0v) is 11.5. The van der Waals surface area contributed by atoms with Crippen molar-refractivity contribution in [3.63, 3.8) is 0 Å². The van der Waals surface area contributed by atoms with Crippen LogP contribution in [0.5, 0.6) is 0 Å². The number of carbonyl (C=O) groups excluding carboxylic acids is 2. The van der Waals surface area contributed by atoms with Gasteiger partial charge in [-0.1, -0.05) is 39.0 Å². The van der Waals surface area contributed by atoms with E-state index in [9.17, 15) is 14.7 Å². The van der Waals surface area contributed by atoms with Crippen LogP contribution in [-0.4, -0.2) is 34.5 Å². The van der Waals surface area contributed by atoms with Gasteiger partial charge in [-0.3, -0.25) is 14.5 Å². The Kier molecular flexibility index (Phi) is 3.45. The minimum atomic E-state index is -0.731. The van der Waals surface area contributed by atoms with Gasteiger partial charge in [0.15, 0.2) is 0 Å². The van der Waals surface area contributed by atoms with Gasteiger partial charge in [-0.05, 0) is 17.0 Å². The third kappa shape index (κ3) is 2.68.